The third kappa shape index (κ3) is 16.9. The van der Waals surface area contributed by atoms with Gasteiger partial charge >= 0.3 is 0 Å². The van der Waals surface area contributed by atoms with Crippen molar-refractivity contribution < 1.29 is 75.7 Å². The number of rotatable bonds is 13. The number of aryl methyl sites for hydroxylation is 4. The predicted octanol–water partition coefficient (Wildman–Crippen LogP) is 33.2. The molecule has 12 nitrogen and oxygen atoms in total. The molecule has 0 amide bonds. The summed E-state index contributed by atoms with van der Waals surface area (Å²) in [5.74, 6) is -2.62. The summed E-state index contributed by atoms with van der Waals surface area (Å²) in [6.07, 6.45) is 0.742. The molecule has 1 fully saturated rings. The van der Waals surface area contributed by atoms with Crippen LogP contribution in [0.3, 0.4) is 0 Å². The van der Waals surface area contributed by atoms with Crippen LogP contribution in [0.25, 0.3) is 197 Å². The van der Waals surface area contributed by atoms with Crippen molar-refractivity contribution in [1.29, 1.82) is 0 Å². The van der Waals surface area contributed by atoms with Crippen LogP contribution in [0.15, 0.2) is 284 Å². The van der Waals surface area contributed by atoms with Gasteiger partial charge in [0, 0.05) is 152 Å². The molecule has 8 heterocycles. The van der Waals surface area contributed by atoms with E-state index in [9.17, 15) is 0 Å². The molecule has 8 aromatic heterocycles. The van der Waals surface area contributed by atoms with Gasteiger partial charge in [0.15, 0.2) is 45.5 Å². The first-order valence-electron chi connectivity index (χ1n) is 59.6. The van der Waals surface area contributed by atoms with E-state index in [1.165, 1.54) is 6.92 Å². The SMILES string of the molecule is [2H]c1c([2H])c([2H])c(-c2c([N+]#[C-])ccc3c2oc2c(-c4ccc(C([2H])(C)C([2H])([2H])[2H])c(C)[n+]4C)c(C)ccc23)c([2H])c1[2H].[2H]c1c([2H])c([2H])c(-c2c([N+]#[C-])ccc3c2oc2c(-c4ccc(C([2H])([2H])C(C)(C)C)c(C)[n+]4C)c(C)ccc23)c([2H])c1[2H].[2H]c1c([2H])c([2H])c(-c2c([N+]#[C-])ccc3c2oc2c(-c4ccc(C([2H])([2H])C(C)C)c(C)[n+]4C)c(C)ccc23)c([2H])c1[2H].[2H]c1c([2H])c([2H])c(-c2c([N+]#[C-])ccc3c2oc2c(-c4ccc(C5([2H])CCCC5)c(C)[n+]4C)c(C)ccc23)c([2H])c1[2H]. The van der Waals surface area contributed by atoms with Crippen LogP contribution >= 0.6 is 0 Å². The fourth-order valence-electron chi connectivity index (χ4n) is 18.9. The first kappa shape index (κ1) is 62.8. The minimum Gasteiger partial charge on any atom is -0.456 e. The van der Waals surface area contributed by atoms with Crippen molar-refractivity contribution in [2.75, 3.05) is 0 Å². The van der Waals surface area contributed by atoms with Gasteiger partial charge in [-0.05, 0) is 145 Å². The third-order valence-electron chi connectivity index (χ3n) is 26.1. The van der Waals surface area contributed by atoms with E-state index in [0.29, 0.717) is 88.5 Å². The molecule has 1 saturated carbocycles. The van der Waals surface area contributed by atoms with Gasteiger partial charge in [-0.2, -0.15) is 18.3 Å². The number of aromatic nitrogens is 4. The van der Waals surface area contributed by atoms with Crippen LogP contribution in [-0.4, -0.2) is 0 Å². The van der Waals surface area contributed by atoms with Crippen LogP contribution in [0.1, 0.15) is 193 Å². The Balaban J connectivity index is 0.000000142. The average molecular weight is 1820 g/mol. The summed E-state index contributed by atoms with van der Waals surface area (Å²) in [5, 5.41) is 5.63. The number of hydrogen-bond donors (Lipinski definition) is 0. The van der Waals surface area contributed by atoms with Crippen molar-refractivity contribution in [3.8, 4) is 89.5 Å². The zero-order valence-corrected chi connectivity index (χ0v) is 79.5. The summed E-state index contributed by atoms with van der Waals surface area (Å²) in [6, 6.07) is 34.8. The van der Waals surface area contributed by atoms with Crippen molar-refractivity contribution in [3.63, 3.8) is 0 Å². The van der Waals surface area contributed by atoms with Crippen LogP contribution in [0, 0.1) is 93.0 Å². The molecule has 12 heteroatoms. The van der Waals surface area contributed by atoms with E-state index < -0.39 is 146 Å². The molecule has 0 spiro atoms. The first-order valence-corrected chi connectivity index (χ1v) is 45.1. The lowest BCUT2D eigenvalue weighted by atomic mass is 9.87. The maximum absolute atomic E-state index is 9.08. The van der Waals surface area contributed by atoms with Crippen molar-refractivity contribution in [2.24, 2.45) is 39.5 Å². The second-order valence-electron chi connectivity index (χ2n) is 36.0. The lowest BCUT2D eigenvalue weighted by Crippen LogP contribution is -2.36. The lowest BCUT2D eigenvalue weighted by Gasteiger charge is -2.19. The average Bonchev–Trinajstić information content (AvgIpc) is 1.58. The van der Waals surface area contributed by atoms with Crippen molar-refractivity contribution in [1.82, 2.24) is 0 Å². The van der Waals surface area contributed by atoms with Crippen molar-refractivity contribution in [3.05, 3.63) is 379 Å². The van der Waals surface area contributed by atoms with Gasteiger partial charge in [0.1, 0.15) is 72.9 Å². The Labute approximate surface area is 845 Å². The summed E-state index contributed by atoms with van der Waals surface area (Å²) in [5.41, 5.74) is 19.2. The largest absolute Gasteiger partial charge is 0.456 e. The van der Waals surface area contributed by atoms with Crippen molar-refractivity contribution in [2.45, 2.75) is 154 Å². The minimum atomic E-state index is -2.54. The maximum Gasteiger partial charge on any atom is 0.216 e. The molecule has 676 valence electrons. The second kappa shape index (κ2) is 37.7. The second-order valence-corrected chi connectivity index (χ2v) is 36.0. The Hall–Kier alpha value is -15.6. The molecule has 1 aliphatic carbocycles. The summed E-state index contributed by atoms with van der Waals surface area (Å²) in [6.45, 7) is 54.8. The lowest BCUT2D eigenvalue weighted by molar-refractivity contribution is -0.667. The van der Waals surface area contributed by atoms with Crippen molar-refractivity contribution >= 4 is 111 Å². The van der Waals surface area contributed by atoms with Gasteiger partial charge in [-0.1, -0.05) is 279 Å². The smallest absolute Gasteiger partial charge is 0.216 e. The van der Waals surface area contributed by atoms with E-state index in [1.54, 1.807) is 74.6 Å². The van der Waals surface area contributed by atoms with E-state index in [0.717, 1.165) is 121 Å². The molecule has 21 rings (SSSR count). The number of nitrogens with zero attached hydrogens (tertiary/aromatic N) is 8. The Morgan fingerprint density at radius 1 is 0.358 bits per heavy atom. The van der Waals surface area contributed by atoms with Gasteiger partial charge in [-0.15, -0.1) is 0 Å². The van der Waals surface area contributed by atoms with Crippen LogP contribution in [0.2, 0.25) is 0 Å². The zero-order chi connectivity index (χ0) is 122. The first-order chi connectivity index (χ1) is 77.8. The van der Waals surface area contributed by atoms with Gasteiger partial charge in [0.2, 0.25) is 22.8 Å². The van der Waals surface area contributed by atoms with E-state index in [2.05, 4.69) is 36.9 Å². The monoisotopic (exact) mass is 1820 g/mol. The van der Waals surface area contributed by atoms with Crippen LogP contribution < -0.4 is 18.3 Å². The molecule has 1 aliphatic rings. The normalized spacial score (nSPS) is 16.2. The van der Waals surface area contributed by atoms with Gasteiger partial charge in [0.05, 0.1) is 76.0 Å². The molecule has 0 N–H and O–H groups in total. The van der Waals surface area contributed by atoms with E-state index in [4.69, 9.17) is 83.7 Å². The standard InChI is InChI=1S/C32H29N2O.C32H31N2O.C31H29N2O.C30H27N2O/c1-20-14-15-25-26-16-18-27(33-3)30(23-12-6-5-7-13-23)32(26)35-31(25)29(20)28-19-17-24(21(2)34(28)4)22-10-8-9-11-22;1-20-13-15-24-25-16-17-26(33-6)29(22-11-9-8-10-12-22)31(25)35-30(24)28(20)27-18-14-23(19-32(3,4)5)21(2)34(27)7;1-19(2)18-23-13-17-27(33(6)21(23)4)28-20(3)12-14-24-25-15-16-26(32-5)29(31(25)34-30(24)28)22-10-8-7-9-11-22;1-18(2)22-15-17-26(32(6)20(22)4)27-19(3)12-13-23-24-14-16-25(31-5)28(30(24)33-29(23)27)21-10-8-7-9-11-21/h5-7,12-19,22H,8-11H2,1-2,4H3;8-18H,19H2,1-5,7H3;7-17,19H,18H2,1-4,6H3;7-18H,1-4,6H3/q4*+1/i5D,6D,7D,12D,13D,22D;8D,9D,10D,11D,12D,19D2;7D,8D,9D,10D,11D,18D2;1D3,7D,8D,9D,10D,11D,18D. The van der Waals surface area contributed by atoms with Crippen LogP contribution in [0.4, 0.5) is 22.7 Å². The number of pyridine rings is 4. The highest BCUT2D eigenvalue weighted by molar-refractivity contribution is 6.19. The maximum atomic E-state index is 9.08. The molecule has 1 atom stereocenters. The summed E-state index contributed by atoms with van der Waals surface area (Å²) in [4.78, 5) is 14.5. The highest BCUT2D eigenvalue weighted by Crippen LogP contribution is 2.51. The predicted molar refractivity (Wildman–Crippen MR) is 563 cm³/mol. The summed E-state index contributed by atoms with van der Waals surface area (Å²) >= 11 is 0. The molecule has 137 heavy (non-hydrogen) atoms. The van der Waals surface area contributed by atoms with E-state index >= 15 is 0 Å². The molecule has 0 radical (unpaired) electrons. The molecule has 0 aliphatic heterocycles. The molecule has 1 unspecified atom stereocenters. The van der Waals surface area contributed by atoms with E-state index in [1.807, 2.05) is 190 Å². The highest BCUT2D eigenvalue weighted by atomic mass is 16.3. The van der Waals surface area contributed by atoms with E-state index in [-0.39, 0.29) is 102 Å². The number of fused-ring (bicyclic) bond motifs is 12. The Morgan fingerprint density at radius 3 is 0.927 bits per heavy atom. The summed E-state index contributed by atoms with van der Waals surface area (Å²) in [7, 11) is 7.58. The third-order valence-corrected chi connectivity index (χ3v) is 26.1. The topological polar surface area (TPSA) is 85.5 Å². The molecule has 0 bridgehead atoms. The summed E-state index contributed by atoms with van der Waals surface area (Å²) < 4.78 is 276. The quantitative estimate of drug-likeness (QED) is 0.0850. The van der Waals surface area contributed by atoms with Gasteiger partial charge in [0.25, 0.3) is 0 Å². The zero-order valence-electron chi connectivity index (χ0n) is 108. The van der Waals surface area contributed by atoms with Crippen LogP contribution in [0.5, 0.6) is 0 Å². The van der Waals surface area contributed by atoms with Gasteiger partial charge in [-0.25, -0.2) is 19.4 Å². The number of hydrogen-bond acceptors (Lipinski definition) is 4. The molecule has 0 saturated heterocycles. The molecule has 12 aromatic carbocycles. The molecular formula is C125H116N8O4+4. The highest BCUT2D eigenvalue weighted by Gasteiger charge is 2.34. The fraction of sp³-hybridized carbons (Fsp3) is 0.232. The minimum absolute atomic E-state index is 0.0482. The Bertz CT molecular complexity index is 9530. The molecular weight excluding hydrogens is 1680 g/mol. The van der Waals surface area contributed by atoms with Gasteiger partial charge in [-0.3, -0.25) is 0 Å². The molecule has 20 aromatic rings. The number of benzene rings is 12. The Kier molecular flexibility index (Phi) is 17.3. The van der Waals surface area contributed by atoms with Crippen LogP contribution in [-0.2, 0) is 40.9 Å². The fourth-order valence-corrected chi connectivity index (χ4v) is 18.9. The number of furan rings is 4. The van der Waals surface area contributed by atoms with Gasteiger partial charge < -0.3 is 17.7 Å². The Morgan fingerprint density at radius 2 is 0.628 bits per heavy atom.